The van der Waals surface area contributed by atoms with Crippen LogP contribution < -0.4 is 5.73 Å². The number of carbonyl (C=O) groups is 1. The lowest BCUT2D eigenvalue weighted by atomic mass is 9.95. The van der Waals surface area contributed by atoms with Crippen molar-refractivity contribution in [2.45, 2.75) is 31.5 Å². The lowest BCUT2D eigenvalue weighted by Gasteiger charge is -2.29. The van der Waals surface area contributed by atoms with E-state index in [2.05, 4.69) is 29.7 Å². The first-order chi connectivity index (χ1) is 12.6. The maximum atomic E-state index is 13.1. The quantitative estimate of drug-likeness (QED) is 0.717. The molecule has 1 aromatic heterocycles. The van der Waals surface area contributed by atoms with Gasteiger partial charge in [-0.1, -0.05) is 42.5 Å². The van der Waals surface area contributed by atoms with Gasteiger partial charge in [0.05, 0.1) is 12.6 Å². The van der Waals surface area contributed by atoms with Gasteiger partial charge in [-0.3, -0.25) is 9.69 Å². The van der Waals surface area contributed by atoms with Gasteiger partial charge in [-0.15, -0.1) is 30.3 Å². The van der Waals surface area contributed by atoms with Crippen LogP contribution in [0.5, 0.6) is 0 Å². The Morgan fingerprint density at radius 2 is 2.07 bits per heavy atom. The molecule has 1 fully saturated rings. The Hall–Kier alpha value is -1.66. The zero-order chi connectivity index (χ0) is 18.5. The second-order valence-corrected chi connectivity index (χ2v) is 7.93. The van der Waals surface area contributed by atoms with Crippen LogP contribution in [0.4, 0.5) is 0 Å². The highest BCUT2D eigenvalue weighted by molar-refractivity contribution is 7.09. The lowest BCUT2D eigenvalue weighted by Crippen LogP contribution is -2.46. The SMILES string of the molecule is C=CCN(Cc1cccs1)C(=O)C(C)N1C[C@@H](N)[C@H](c2ccccc2)C1.Cl. The van der Waals surface area contributed by atoms with E-state index in [1.165, 1.54) is 10.4 Å². The van der Waals surface area contributed by atoms with E-state index in [0.717, 1.165) is 13.1 Å². The summed E-state index contributed by atoms with van der Waals surface area (Å²) in [6, 6.07) is 14.3. The third kappa shape index (κ3) is 5.20. The number of thiophene rings is 1. The van der Waals surface area contributed by atoms with Crippen LogP contribution in [-0.2, 0) is 11.3 Å². The maximum Gasteiger partial charge on any atom is 0.240 e. The molecule has 2 heterocycles. The number of carbonyl (C=O) groups excluding carboxylic acids is 1. The minimum absolute atomic E-state index is 0. The van der Waals surface area contributed by atoms with E-state index in [9.17, 15) is 4.79 Å². The minimum Gasteiger partial charge on any atom is -0.332 e. The number of rotatable bonds is 7. The Kier molecular flexibility index (Phi) is 8.05. The van der Waals surface area contributed by atoms with Gasteiger partial charge in [0.1, 0.15) is 0 Å². The number of hydrogen-bond acceptors (Lipinski definition) is 4. The van der Waals surface area contributed by atoms with Crippen molar-refractivity contribution in [2.24, 2.45) is 5.73 Å². The van der Waals surface area contributed by atoms with E-state index in [0.29, 0.717) is 13.1 Å². The monoisotopic (exact) mass is 405 g/mol. The van der Waals surface area contributed by atoms with Crippen molar-refractivity contribution >= 4 is 29.7 Å². The topological polar surface area (TPSA) is 49.6 Å². The van der Waals surface area contributed by atoms with Crippen molar-refractivity contribution in [3.63, 3.8) is 0 Å². The molecule has 3 rings (SSSR count). The van der Waals surface area contributed by atoms with Crippen LogP contribution >= 0.6 is 23.7 Å². The molecule has 1 aliphatic heterocycles. The summed E-state index contributed by atoms with van der Waals surface area (Å²) in [4.78, 5) is 18.4. The van der Waals surface area contributed by atoms with Crippen LogP contribution in [0.3, 0.4) is 0 Å². The Balaban J connectivity index is 0.00000261. The van der Waals surface area contributed by atoms with E-state index in [1.807, 2.05) is 41.5 Å². The van der Waals surface area contributed by atoms with Gasteiger partial charge >= 0.3 is 0 Å². The summed E-state index contributed by atoms with van der Waals surface area (Å²) >= 11 is 1.67. The number of hydrogen-bond donors (Lipinski definition) is 1. The number of benzene rings is 1. The molecule has 3 atom stereocenters. The molecular weight excluding hydrogens is 378 g/mol. The Morgan fingerprint density at radius 1 is 1.33 bits per heavy atom. The van der Waals surface area contributed by atoms with Crippen molar-refractivity contribution in [3.8, 4) is 0 Å². The second kappa shape index (κ2) is 10.0. The van der Waals surface area contributed by atoms with Gasteiger partial charge in [0.15, 0.2) is 0 Å². The molecule has 0 aliphatic carbocycles. The molecule has 6 heteroatoms. The van der Waals surface area contributed by atoms with Crippen molar-refractivity contribution < 1.29 is 4.79 Å². The largest absolute Gasteiger partial charge is 0.332 e. The minimum atomic E-state index is -0.185. The van der Waals surface area contributed by atoms with Gasteiger partial charge in [-0.05, 0) is 23.9 Å². The number of likely N-dealkylation sites (tertiary alicyclic amines) is 1. The summed E-state index contributed by atoms with van der Waals surface area (Å²) in [5.41, 5.74) is 7.66. The van der Waals surface area contributed by atoms with Crippen LogP contribution in [0.1, 0.15) is 23.3 Å². The van der Waals surface area contributed by atoms with Gasteiger partial charge in [-0.25, -0.2) is 0 Å². The fourth-order valence-electron chi connectivity index (χ4n) is 3.63. The number of nitrogens with two attached hydrogens (primary N) is 1. The molecule has 0 saturated carbocycles. The van der Waals surface area contributed by atoms with Gasteiger partial charge < -0.3 is 10.6 Å². The molecule has 0 spiro atoms. The fraction of sp³-hybridized carbons (Fsp3) is 0.381. The molecule has 2 aromatic rings. The molecule has 0 radical (unpaired) electrons. The summed E-state index contributed by atoms with van der Waals surface area (Å²) in [5.74, 6) is 0.413. The molecular formula is C21H28ClN3OS. The van der Waals surface area contributed by atoms with E-state index in [-0.39, 0.29) is 36.3 Å². The summed E-state index contributed by atoms with van der Waals surface area (Å²) in [7, 11) is 0. The predicted octanol–water partition coefficient (Wildman–Crippen LogP) is 3.50. The molecule has 1 saturated heterocycles. The standard InChI is InChI=1S/C21H27N3OS.ClH/c1-3-11-23(13-18-10-7-12-26-18)21(25)16(2)24-14-19(20(22)15-24)17-8-5-4-6-9-17;/h3-10,12,16,19-20H,1,11,13-15,22H2,2H3;1H/t16?,19-,20+;/m0./s1. The zero-order valence-electron chi connectivity index (χ0n) is 15.7. The highest BCUT2D eigenvalue weighted by Gasteiger charge is 2.36. The summed E-state index contributed by atoms with van der Waals surface area (Å²) < 4.78 is 0. The van der Waals surface area contributed by atoms with Crippen LogP contribution in [0.25, 0.3) is 0 Å². The Morgan fingerprint density at radius 3 is 2.70 bits per heavy atom. The summed E-state index contributed by atoms with van der Waals surface area (Å²) in [5, 5.41) is 2.04. The first-order valence-corrected chi connectivity index (χ1v) is 9.94. The molecule has 1 amide bonds. The molecule has 146 valence electrons. The maximum absolute atomic E-state index is 13.1. The van der Waals surface area contributed by atoms with E-state index < -0.39 is 0 Å². The van der Waals surface area contributed by atoms with E-state index >= 15 is 0 Å². The molecule has 4 nitrogen and oxygen atoms in total. The third-order valence-corrected chi connectivity index (χ3v) is 5.98. The average molecular weight is 406 g/mol. The van der Waals surface area contributed by atoms with Crippen LogP contribution in [0.2, 0.25) is 0 Å². The fourth-order valence-corrected chi connectivity index (χ4v) is 4.35. The van der Waals surface area contributed by atoms with Crippen molar-refractivity contribution in [1.29, 1.82) is 0 Å². The summed E-state index contributed by atoms with van der Waals surface area (Å²) in [6.07, 6.45) is 1.79. The molecule has 1 unspecified atom stereocenters. The predicted molar refractivity (Wildman–Crippen MR) is 115 cm³/mol. The van der Waals surface area contributed by atoms with Crippen molar-refractivity contribution in [2.75, 3.05) is 19.6 Å². The molecule has 2 N–H and O–H groups in total. The average Bonchev–Trinajstić information content (AvgIpc) is 3.30. The van der Waals surface area contributed by atoms with Crippen LogP contribution in [0.15, 0.2) is 60.5 Å². The highest BCUT2D eigenvalue weighted by atomic mass is 35.5. The van der Waals surface area contributed by atoms with E-state index in [1.54, 1.807) is 17.4 Å². The molecule has 1 aromatic carbocycles. The molecule has 1 aliphatic rings. The van der Waals surface area contributed by atoms with Crippen molar-refractivity contribution in [1.82, 2.24) is 9.80 Å². The Labute approximate surface area is 172 Å². The highest BCUT2D eigenvalue weighted by Crippen LogP contribution is 2.28. The van der Waals surface area contributed by atoms with Crippen LogP contribution in [0, 0.1) is 0 Å². The third-order valence-electron chi connectivity index (χ3n) is 5.11. The number of halogens is 1. The zero-order valence-corrected chi connectivity index (χ0v) is 17.3. The first kappa shape index (κ1) is 21.6. The second-order valence-electron chi connectivity index (χ2n) is 6.90. The van der Waals surface area contributed by atoms with Crippen LogP contribution in [-0.4, -0.2) is 47.4 Å². The normalized spacial score (nSPS) is 20.7. The summed E-state index contributed by atoms with van der Waals surface area (Å²) in [6.45, 7) is 8.56. The first-order valence-electron chi connectivity index (χ1n) is 9.06. The Bertz CT molecular complexity index is 722. The smallest absolute Gasteiger partial charge is 0.240 e. The van der Waals surface area contributed by atoms with Gasteiger partial charge in [0.25, 0.3) is 0 Å². The van der Waals surface area contributed by atoms with Gasteiger partial charge in [-0.2, -0.15) is 0 Å². The lowest BCUT2D eigenvalue weighted by molar-refractivity contribution is -0.136. The van der Waals surface area contributed by atoms with Gasteiger partial charge in [0.2, 0.25) is 5.91 Å². The van der Waals surface area contributed by atoms with Crippen molar-refractivity contribution in [3.05, 3.63) is 70.9 Å². The molecule has 27 heavy (non-hydrogen) atoms. The van der Waals surface area contributed by atoms with E-state index in [4.69, 9.17) is 5.73 Å². The number of nitrogens with zero attached hydrogens (tertiary/aromatic N) is 2. The molecule has 0 bridgehead atoms. The number of amides is 1. The van der Waals surface area contributed by atoms with Gasteiger partial charge in [0, 0.05) is 36.5 Å².